The standard InChI is InChI=1S/C20H16N4O5/c25-16(26)11-21-18(28)15-10-22-20(24-19(15)29)23-17(27)14-8-6-13(7-9-14)12-4-2-1-3-5-12/h1-10H,11H2,(H,21,28)(H,25,26)(H2,22,23,24,27,29). The molecule has 0 fully saturated rings. The zero-order valence-corrected chi connectivity index (χ0v) is 15.0. The second-order valence-corrected chi connectivity index (χ2v) is 5.95. The Kier molecular flexibility index (Phi) is 5.79. The normalized spacial score (nSPS) is 10.2. The Hall–Kier alpha value is -4.27. The third-order valence-corrected chi connectivity index (χ3v) is 3.93. The van der Waals surface area contributed by atoms with Crippen LogP contribution in [0.3, 0.4) is 0 Å². The van der Waals surface area contributed by atoms with Gasteiger partial charge < -0.3 is 10.4 Å². The summed E-state index contributed by atoms with van der Waals surface area (Å²) in [6, 6.07) is 16.6. The van der Waals surface area contributed by atoms with Crippen LogP contribution >= 0.6 is 0 Å². The van der Waals surface area contributed by atoms with Crippen molar-refractivity contribution >= 4 is 23.7 Å². The van der Waals surface area contributed by atoms with Gasteiger partial charge in [0.1, 0.15) is 12.1 Å². The number of anilines is 1. The summed E-state index contributed by atoms with van der Waals surface area (Å²) in [6.07, 6.45) is 0.962. The Morgan fingerprint density at radius 2 is 1.59 bits per heavy atom. The molecular formula is C20H16N4O5. The van der Waals surface area contributed by atoms with E-state index in [1.807, 2.05) is 30.3 Å². The van der Waals surface area contributed by atoms with E-state index in [-0.39, 0.29) is 11.5 Å². The molecule has 0 aliphatic heterocycles. The molecule has 2 amide bonds. The Morgan fingerprint density at radius 3 is 2.21 bits per heavy atom. The molecule has 29 heavy (non-hydrogen) atoms. The summed E-state index contributed by atoms with van der Waals surface area (Å²) >= 11 is 0. The van der Waals surface area contributed by atoms with Crippen LogP contribution < -0.4 is 16.2 Å². The van der Waals surface area contributed by atoms with Crippen LogP contribution in [0.25, 0.3) is 11.1 Å². The molecule has 0 atom stereocenters. The predicted molar refractivity (Wildman–Crippen MR) is 105 cm³/mol. The van der Waals surface area contributed by atoms with E-state index >= 15 is 0 Å². The number of carbonyl (C=O) groups is 3. The molecule has 3 aromatic rings. The fourth-order valence-electron chi connectivity index (χ4n) is 2.50. The quantitative estimate of drug-likeness (QED) is 0.501. The van der Waals surface area contributed by atoms with Gasteiger partial charge in [-0.25, -0.2) is 4.98 Å². The smallest absolute Gasteiger partial charge is 0.322 e. The molecule has 146 valence electrons. The monoisotopic (exact) mass is 392 g/mol. The number of hydrogen-bond donors (Lipinski definition) is 4. The van der Waals surface area contributed by atoms with Gasteiger partial charge >= 0.3 is 5.97 Å². The van der Waals surface area contributed by atoms with Gasteiger partial charge in [0.25, 0.3) is 17.4 Å². The summed E-state index contributed by atoms with van der Waals surface area (Å²) < 4.78 is 0. The van der Waals surface area contributed by atoms with Crippen LogP contribution in [0.15, 0.2) is 65.6 Å². The molecule has 3 rings (SSSR count). The van der Waals surface area contributed by atoms with Crippen molar-refractivity contribution in [2.45, 2.75) is 0 Å². The molecule has 2 aromatic carbocycles. The lowest BCUT2D eigenvalue weighted by atomic mass is 10.0. The van der Waals surface area contributed by atoms with Crippen molar-refractivity contribution in [2.24, 2.45) is 0 Å². The summed E-state index contributed by atoms with van der Waals surface area (Å²) in [7, 11) is 0. The minimum Gasteiger partial charge on any atom is -0.480 e. The maximum Gasteiger partial charge on any atom is 0.322 e. The molecule has 9 nitrogen and oxygen atoms in total. The van der Waals surface area contributed by atoms with Gasteiger partial charge in [-0.2, -0.15) is 0 Å². The van der Waals surface area contributed by atoms with Crippen LogP contribution in [0, 0.1) is 0 Å². The van der Waals surface area contributed by atoms with E-state index in [1.165, 1.54) is 0 Å². The van der Waals surface area contributed by atoms with Gasteiger partial charge in [-0.1, -0.05) is 42.5 Å². The first-order valence-electron chi connectivity index (χ1n) is 8.50. The summed E-state index contributed by atoms with van der Waals surface area (Å²) in [5.41, 5.74) is 1.15. The summed E-state index contributed by atoms with van der Waals surface area (Å²) in [4.78, 5) is 52.7. The number of carboxylic acid groups (broad SMARTS) is 1. The number of benzene rings is 2. The number of hydrogen-bond acceptors (Lipinski definition) is 5. The predicted octanol–water partition coefficient (Wildman–Crippen LogP) is 1.50. The lowest BCUT2D eigenvalue weighted by Crippen LogP contribution is -2.34. The Labute approximate surface area is 164 Å². The number of aliphatic carboxylic acids is 1. The fourth-order valence-corrected chi connectivity index (χ4v) is 2.50. The second-order valence-electron chi connectivity index (χ2n) is 5.95. The lowest BCUT2D eigenvalue weighted by molar-refractivity contribution is -0.135. The molecule has 4 N–H and O–H groups in total. The van der Waals surface area contributed by atoms with E-state index in [2.05, 4.69) is 20.6 Å². The van der Waals surface area contributed by atoms with Crippen molar-refractivity contribution in [3.05, 3.63) is 82.3 Å². The van der Waals surface area contributed by atoms with E-state index in [4.69, 9.17) is 5.11 Å². The number of carboxylic acids is 1. The van der Waals surface area contributed by atoms with Crippen LogP contribution in [0.4, 0.5) is 5.95 Å². The van der Waals surface area contributed by atoms with Crippen molar-refractivity contribution in [1.82, 2.24) is 15.3 Å². The van der Waals surface area contributed by atoms with E-state index in [0.29, 0.717) is 5.56 Å². The molecule has 0 saturated heterocycles. The highest BCUT2D eigenvalue weighted by Crippen LogP contribution is 2.19. The van der Waals surface area contributed by atoms with Gasteiger partial charge in [-0.15, -0.1) is 0 Å². The van der Waals surface area contributed by atoms with Gasteiger partial charge in [0, 0.05) is 11.8 Å². The lowest BCUT2D eigenvalue weighted by Gasteiger charge is -2.07. The average Bonchev–Trinajstić information content (AvgIpc) is 2.73. The number of aromatic nitrogens is 2. The van der Waals surface area contributed by atoms with E-state index < -0.39 is 29.9 Å². The topological polar surface area (TPSA) is 141 Å². The van der Waals surface area contributed by atoms with Gasteiger partial charge in [0.15, 0.2) is 0 Å². The number of nitrogens with zero attached hydrogens (tertiary/aromatic N) is 1. The van der Waals surface area contributed by atoms with E-state index in [9.17, 15) is 19.2 Å². The Morgan fingerprint density at radius 1 is 0.931 bits per heavy atom. The minimum absolute atomic E-state index is 0.137. The number of rotatable bonds is 6. The summed E-state index contributed by atoms with van der Waals surface area (Å²) in [5, 5.41) is 13.0. The second kappa shape index (κ2) is 8.61. The SMILES string of the molecule is O=C(O)CNC(=O)c1cnc(NC(=O)c2ccc(-c3ccccc3)cc2)[nH]c1=O. The number of aromatic amines is 1. The molecule has 0 radical (unpaired) electrons. The highest BCUT2D eigenvalue weighted by molar-refractivity contribution is 6.03. The third-order valence-electron chi connectivity index (χ3n) is 3.93. The molecule has 0 aliphatic rings. The first-order valence-corrected chi connectivity index (χ1v) is 8.50. The first-order chi connectivity index (χ1) is 13.9. The number of carbonyl (C=O) groups excluding carboxylic acids is 2. The molecule has 0 saturated carbocycles. The van der Waals surface area contributed by atoms with E-state index in [1.54, 1.807) is 24.3 Å². The fraction of sp³-hybridized carbons (Fsp3) is 0.0500. The summed E-state index contributed by atoms with van der Waals surface area (Å²) in [6.45, 7) is -0.629. The molecule has 0 aliphatic carbocycles. The average molecular weight is 392 g/mol. The van der Waals surface area contributed by atoms with Crippen molar-refractivity contribution in [1.29, 1.82) is 0 Å². The Bertz CT molecular complexity index is 1110. The number of amides is 2. The van der Waals surface area contributed by atoms with Crippen LogP contribution in [0.2, 0.25) is 0 Å². The molecule has 0 unspecified atom stereocenters. The molecule has 1 aromatic heterocycles. The first kappa shape index (κ1) is 19.5. The Balaban J connectivity index is 1.69. The van der Waals surface area contributed by atoms with Crippen LogP contribution in [-0.4, -0.2) is 39.4 Å². The highest BCUT2D eigenvalue weighted by atomic mass is 16.4. The molecule has 9 heteroatoms. The molecule has 1 heterocycles. The third kappa shape index (κ3) is 4.92. The van der Waals surface area contributed by atoms with Crippen LogP contribution in [-0.2, 0) is 4.79 Å². The van der Waals surface area contributed by atoms with Crippen molar-refractivity contribution in [2.75, 3.05) is 11.9 Å². The number of H-pyrrole nitrogens is 1. The number of nitrogens with one attached hydrogen (secondary N) is 3. The largest absolute Gasteiger partial charge is 0.480 e. The zero-order valence-electron chi connectivity index (χ0n) is 15.0. The minimum atomic E-state index is -1.25. The van der Waals surface area contributed by atoms with Gasteiger partial charge in [0.2, 0.25) is 5.95 Å². The molecular weight excluding hydrogens is 376 g/mol. The van der Waals surface area contributed by atoms with Crippen molar-refractivity contribution in [3.8, 4) is 11.1 Å². The van der Waals surface area contributed by atoms with Gasteiger partial charge in [0.05, 0.1) is 0 Å². The van der Waals surface area contributed by atoms with Crippen LogP contribution in [0.5, 0.6) is 0 Å². The van der Waals surface area contributed by atoms with Crippen molar-refractivity contribution < 1.29 is 19.5 Å². The molecule has 0 bridgehead atoms. The maximum atomic E-state index is 12.4. The maximum absolute atomic E-state index is 12.4. The van der Waals surface area contributed by atoms with Gasteiger partial charge in [-0.05, 0) is 23.3 Å². The van der Waals surface area contributed by atoms with Crippen LogP contribution in [0.1, 0.15) is 20.7 Å². The van der Waals surface area contributed by atoms with Crippen molar-refractivity contribution in [3.63, 3.8) is 0 Å². The zero-order chi connectivity index (χ0) is 20.8. The highest BCUT2D eigenvalue weighted by Gasteiger charge is 2.14. The van der Waals surface area contributed by atoms with E-state index in [0.717, 1.165) is 17.3 Å². The molecule has 0 spiro atoms. The van der Waals surface area contributed by atoms with Gasteiger partial charge in [-0.3, -0.25) is 29.5 Å². The summed E-state index contributed by atoms with van der Waals surface area (Å²) in [5.74, 6) is -2.75.